The number of ether oxygens (including phenoxy) is 1. The van der Waals surface area contributed by atoms with Gasteiger partial charge in [0, 0.05) is 12.3 Å². The topological polar surface area (TPSA) is 161 Å². The van der Waals surface area contributed by atoms with Gasteiger partial charge in [-0.2, -0.15) is 5.26 Å². The normalized spacial score (nSPS) is 10.1. The Morgan fingerprint density at radius 1 is 1.44 bits per heavy atom. The van der Waals surface area contributed by atoms with Crippen LogP contribution in [0, 0.1) is 28.4 Å². The summed E-state index contributed by atoms with van der Waals surface area (Å²) in [6.45, 7) is 1.39. The van der Waals surface area contributed by atoms with Crippen molar-refractivity contribution < 1.29 is 24.4 Å². The van der Waals surface area contributed by atoms with E-state index in [4.69, 9.17) is 11.0 Å². The molecule has 10 nitrogen and oxygen atoms in total. The van der Waals surface area contributed by atoms with Crippen molar-refractivity contribution in [2.75, 3.05) is 12.8 Å². The smallest absolute Gasteiger partial charge is 0.357 e. The van der Waals surface area contributed by atoms with E-state index in [0.717, 1.165) is 23.8 Å². The summed E-state index contributed by atoms with van der Waals surface area (Å²) in [4.78, 5) is 33.8. The van der Waals surface area contributed by atoms with Gasteiger partial charge in [-0.05, 0) is 13.0 Å². The molecule has 10 heteroatoms. The van der Waals surface area contributed by atoms with Crippen LogP contribution in [0.3, 0.4) is 0 Å². The van der Waals surface area contributed by atoms with Crippen LogP contribution in [0.15, 0.2) is 18.3 Å². The minimum Gasteiger partial charge on any atom is -0.478 e. The quantitative estimate of drug-likeness (QED) is 0.480. The fourth-order valence-electron chi connectivity index (χ4n) is 2.35. The van der Waals surface area contributed by atoms with Crippen LogP contribution in [0.1, 0.15) is 32.0 Å². The van der Waals surface area contributed by atoms with Gasteiger partial charge in [-0.25, -0.2) is 9.59 Å². The zero-order chi connectivity index (χ0) is 18.9. The molecule has 0 aliphatic carbocycles. The van der Waals surface area contributed by atoms with E-state index in [2.05, 4.69) is 4.74 Å². The van der Waals surface area contributed by atoms with Crippen LogP contribution in [-0.2, 0) is 4.74 Å². The van der Waals surface area contributed by atoms with Crippen molar-refractivity contribution in [1.82, 2.24) is 4.57 Å². The van der Waals surface area contributed by atoms with Gasteiger partial charge in [0.25, 0.3) is 5.69 Å². The summed E-state index contributed by atoms with van der Waals surface area (Å²) < 4.78 is 5.75. The van der Waals surface area contributed by atoms with Crippen LogP contribution < -0.4 is 5.73 Å². The summed E-state index contributed by atoms with van der Waals surface area (Å²) in [7, 11) is 1.11. The van der Waals surface area contributed by atoms with Gasteiger partial charge in [-0.1, -0.05) is 0 Å². The average molecular weight is 344 g/mol. The van der Waals surface area contributed by atoms with Crippen molar-refractivity contribution in [2.45, 2.75) is 6.92 Å². The number of esters is 1. The second-order valence-corrected chi connectivity index (χ2v) is 4.98. The predicted octanol–water partition coefficient (Wildman–Crippen LogP) is 1.63. The second-order valence-electron chi connectivity index (χ2n) is 4.98. The average Bonchev–Trinajstić information content (AvgIpc) is 2.90. The number of hydrogen-bond acceptors (Lipinski definition) is 7. The number of nitriles is 1. The standard InChI is InChI=1S/C15H12N4O6/c1-7-10(3-8(14(20)21)4-11(7)19(23)24)18-6-9(5-16)12(17)13(18)15(22)25-2/h3-4,6H,17H2,1-2H3,(H,20,21). The molecule has 0 unspecified atom stereocenters. The third-order valence-corrected chi connectivity index (χ3v) is 3.60. The van der Waals surface area contributed by atoms with Gasteiger partial charge in [0.1, 0.15) is 6.07 Å². The summed E-state index contributed by atoms with van der Waals surface area (Å²) in [6.07, 6.45) is 1.19. The first-order valence-electron chi connectivity index (χ1n) is 6.74. The Morgan fingerprint density at radius 3 is 2.56 bits per heavy atom. The van der Waals surface area contributed by atoms with Crippen LogP contribution in [0.2, 0.25) is 0 Å². The lowest BCUT2D eigenvalue weighted by Gasteiger charge is -2.12. The maximum absolute atomic E-state index is 12.0. The first-order chi connectivity index (χ1) is 11.7. The number of anilines is 1. The molecule has 0 radical (unpaired) electrons. The Kier molecular flexibility index (Phi) is 4.42. The number of aromatic nitrogens is 1. The Hall–Kier alpha value is -3.87. The molecule has 1 heterocycles. The number of carboxylic acids is 1. The van der Waals surface area contributed by atoms with Gasteiger partial charge in [0.2, 0.25) is 0 Å². The van der Waals surface area contributed by atoms with Gasteiger partial charge in [0.15, 0.2) is 5.69 Å². The molecule has 2 rings (SSSR count). The maximum Gasteiger partial charge on any atom is 0.357 e. The lowest BCUT2D eigenvalue weighted by Crippen LogP contribution is -2.13. The van der Waals surface area contributed by atoms with Crippen molar-refractivity contribution in [1.29, 1.82) is 5.26 Å². The van der Waals surface area contributed by atoms with E-state index in [1.165, 1.54) is 13.1 Å². The first kappa shape index (κ1) is 17.5. The highest BCUT2D eigenvalue weighted by Crippen LogP contribution is 2.31. The number of benzene rings is 1. The largest absolute Gasteiger partial charge is 0.478 e. The Labute approximate surface area is 140 Å². The Morgan fingerprint density at radius 2 is 2.08 bits per heavy atom. The van der Waals surface area contributed by atoms with Gasteiger partial charge >= 0.3 is 11.9 Å². The fraction of sp³-hybridized carbons (Fsp3) is 0.133. The highest BCUT2D eigenvalue weighted by molar-refractivity contribution is 5.96. The minimum absolute atomic E-state index is 0.0280. The zero-order valence-electron chi connectivity index (χ0n) is 13.1. The number of nitrogens with zero attached hydrogens (tertiary/aromatic N) is 3. The molecule has 0 atom stereocenters. The number of nitrogen functional groups attached to an aromatic ring is 1. The first-order valence-corrected chi connectivity index (χ1v) is 6.74. The molecule has 1 aromatic carbocycles. The highest BCUT2D eigenvalue weighted by Gasteiger charge is 2.26. The van der Waals surface area contributed by atoms with Crippen molar-refractivity contribution in [3.63, 3.8) is 0 Å². The molecule has 0 saturated carbocycles. The van der Waals surface area contributed by atoms with Crippen LogP contribution in [0.4, 0.5) is 11.4 Å². The number of carboxylic acid groups (broad SMARTS) is 1. The van der Waals surface area contributed by atoms with E-state index in [0.29, 0.717) is 0 Å². The lowest BCUT2D eigenvalue weighted by molar-refractivity contribution is -0.385. The SMILES string of the molecule is COC(=O)c1c(N)c(C#N)cn1-c1cc(C(=O)O)cc([N+](=O)[O-])c1C. The second kappa shape index (κ2) is 6.32. The lowest BCUT2D eigenvalue weighted by atomic mass is 10.1. The number of methoxy groups -OCH3 is 1. The summed E-state index contributed by atoms with van der Waals surface area (Å²) in [5.41, 5.74) is 4.66. The Bertz CT molecular complexity index is 954. The van der Waals surface area contributed by atoms with E-state index in [1.807, 2.05) is 0 Å². The molecule has 2 aromatic rings. The van der Waals surface area contributed by atoms with E-state index < -0.39 is 22.5 Å². The molecule has 0 amide bonds. The highest BCUT2D eigenvalue weighted by atomic mass is 16.6. The van der Waals surface area contributed by atoms with Gasteiger partial charge < -0.3 is 20.1 Å². The molecule has 0 bridgehead atoms. The summed E-state index contributed by atoms with van der Waals surface area (Å²) in [6, 6.07) is 3.86. The fourth-order valence-corrected chi connectivity index (χ4v) is 2.35. The molecular formula is C15H12N4O6. The number of carbonyl (C=O) groups excluding carboxylic acids is 1. The van der Waals surface area contributed by atoms with Crippen molar-refractivity contribution >= 4 is 23.3 Å². The molecule has 0 saturated heterocycles. The van der Waals surface area contributed by atoms with E-state index >= 15 is 0 Å². The molecule has 0 aliphatic rings. The molecule has 1 aromatic heterocycles. The number of nitrogens with two attached hydrogens (primary N) is 1. The Balaban J connectivity index is 2.91. The maximum atomic E-state index is 12.0. The molecular weight excluding hydrogens is 332 g/mol. The number of carbonyl (C=O) groups is 2. The summed E-state index contributed by atoms with van der Waals surface area (Å²) in [5, 5.41) is 29.5. The van der Waals surface area contributed by atoms with E-state index in [9.17, 15) is 24.8 Å². The monoisotopic (exact) mass is 344 g/mol. The van der Waals surface area contributed by atoms with Gasteiger partial charge in [0.05, 0.1) is 40.1 Å². The minimum atomic E-state index is -1.38. The summed E-state index contributed by atoms with van der Waals surface area (Å²) >= 11 is 0. The van der Waals surface area contributed by atoms with Crippen molar-refractivity contribution in [3.8, 4) is 11.8 Å². The third-order valence-electron chi connectivity index (χ3n) is 3.60. The number of rotatable bonds is 4. The number of hydrogen-bond donors (Lipinski definition) is 2. The number of nitro benzene ring substituents is 1. The summed E-state index contributed by atoms with van der Waals surface area (Å²) in [5.74, 6) is -2.26. The zero-order valence-corrected chi connectivity index (χ0v) is 13.1. The van der Waals surface area contributed by atoms with Crippen LogP contribution >= 0.6 is 0 Å². The third kappa shape index (κ3) is 2.86. The van der Waals surface area contributed by atoms with E-state index in [-0.39, 0.29) is 33.8 Å². The van der Waals surface area contributed by atoms with Crippen molar-refractivity contribution in [2.24, 2.45) is 0 Å². The van der Waals surface area contributed by atoms with Crippen molar-refractivity contribution in [3.05, 3.63) is 50.8 Å². The van der Waals surface area contributed by atoms with Gasteiger partial charge in [-0.3, -0.25) is 10.1 Å². The van der Waals surface area contributed by atoms with Crippen LogP contribution in [0.25, 0.3) is 5.69 Å². The van der Waals surface area contributed by atoms with Crippen LogP contribution in [-0.4, -0.2) is 33.6 Å². The molecule has 0 spiro atoms. The van der Waals surface area contributed by atoms with Gasteiger partial charge in [-0.15, -0.1) is 0 Å². The molecule has 25 heavy (non-hydrogen) atoms. The molecule has 128 valence electrons. The van der Waals surface area contributed by atoms with E-state index in [1.54, 1.807) is 6.07 Å². The molecule has 0 fully saturated rings. The molecule has 0 aliphatic heterocycles. The van der Waals surface area contributed by atoms with Crippen LogP contribution in [0.5, 0.6) is 0 Å². The number of nitro groups is 1. The predicted molar refractivity (Wildman–Crippen MR) is 84.6 cm³/mol. The molecule has 3 N–H and O–H groups in total. The number of aromatic carboxylic acids is 1.